The van der Waals surface area contributed by atoms with Gasteiger partial charge in [0.05, 0.1) is 11.7 Å². The Bertz CT molecular complexity index is 463. The van der Waals surface area contributed by atoms with Crippen LogP contribution in [-0.2, 0) is 16.1 Å². The summed E-state index contributed by atoms with van der Waals surface area (Å²) in [5.74, 6) is 0.100. The Morgan fingerprint density at radius 3 is 2.78 bits per heavy atom. The van der Waals surface area contributed by atoms with Crippen LogP contribution in [0.5, 0.6) is 0 Å². The third-order valence-corrected chi connectivity index (χ3v) is 4.16. The van der Waals surface area contributed by atoms with Crippen molar-refractivity contribution < 1.29 is 9.53 Å². The molecule has 1 aliphatic heterocycles. The van der Waals surface area contributed by atoms with Gasteiger partial charge >= 0.3 is 0 Å². The molecule has 1 saturated heterocycles. The van der Waals surface area contributed by atoms with Gasteiger partial charge in [0.15, 0.2) is 0 Å². The average Bonchev–Trinajstić information content (AvgIpc) is 2.59. The fourth-order valence-electron chi connectivity index (χ4n) is 2.69. The van der Waals surface area contributed by atoms with Gasteiger partial charge in [0.1, 0.15) is 0 Å². The van der Waals surface area contributed by atoms with Gasteiger partial charge in [0.2, 0.25) is 5.91 Å². The molecule has 1 N–H and O–H groups in total. The summed E-state index contributed by atoms with van der Waals surface area (Å²) in [4.78, 5) is 25.1. The molecule has 1 fully saturated rings. The van der Waals surface area contributed by atoms with Crippen molar-refractivity contribution >= 4 is 5.91 Å². The van der Waals surface area contributed by atoms with E-state index in [4.69, 9.17) is 4.74 Å². The minimum absolute atomic E-state index is 0.0868. The van der Waals surface area contributed by atoms with Crippen LogP contribution in [0.3, 0.4) is 0 Å². The van der Waals surface area contributed by atoms with Gasteiger partial charge in [0.25, 0.3) is 0 Å². The largest absolute Gasteiger partial charge is 0.385 e. The van der Waals surface area contributed by atoms with E-state index in [0.29, 0.717) is 13.2 Å². The molecule has 0 bridgehead atoms. The first-order valence-corrected chi connectivity index (χ1v) is 8.18. The molecule has 2 rings (SSSR count). The topological polar surface area (TPSA) is 70.6 Å². The summed E-state index contributed by atoms with van der Waals surface area (Å²) < 4.78 is 4.98. The second kappa shape index (κ2) is 9.54. The van der Waals surface area contributed by atoms with Crippen molar-refractivity contribution in [3.63, 3.8) is 0 Å². The van der Waals surface area contributed by atoms with Crippen molar-refractivity contribution in [1.82, 2.24) is 25.1 Å². The Balaban J connectivity index is 1.69. The molecule has 23 heavy (non-hydrogen) atoms. The quantitative estimate of drug-likeness (QED) is 0.687. The van der Waals surface area contributed by atoms with Crippen molar-refractivity contribution in [2.24, 2.45) is 0 Å². The van der Waals surface area contributed by atoms with Crippen LogP contribution in [0.15, 0.2) is 18.6 Å². The predicted octanol–water partition coefficient (Wildman–Crippen LogP) is 0.135. The first-order valence-electron chi connectivity index (χ1n) is 8.18. The highest BCUT2D eigenvalue weighted by molar-refractivity contribution is 5.81. The SMILES string of the molecule is COCCCNC(=O)C(C)N1CCN(Cc2cnccn2)CC1. The molecule has 0 spiro atoms. The smallest absolute Gasteiger partial charge is 0.237 e. The van der Waals surface area contributed by atoms with Crippen LogP contribution in [0, 0.1) is 0 Å². The van der Waals surface area contributed by atoms with E-state index in [9.17, 15) is 4.79 Å². The first kappa shape index (κ1) is 17.8. The third kappa shape index (κ3) is 5.85. The molecular weight excluding hydrogens is 294 g/mol. The standard InChI is InChI=1S/C16H27N5O2/c1-14(16(22)19-4-3-11-23-2)21-9-7-20(8-10-21)13-15-12-17-5-6-18-15/h5-6,12,14H,3-4,7-11,13H2,1-2H3,(H,19,22). The maximum atomic E-state index is 12.2. The number of amides is 1. The maximum absolute atomic E-state index is 12.2. The molecule has 2 heterocycles. The molecule has 0 aromatic carbocycles. The van der Waals surface area contributed by atoms with Gasteiger partial charge < -0.3 is 10.1 Å². The number of piperazine rings is 1. The van der Waals surface area contributed by atoms with E-state index < -0.39 is 0 Å². The Kier molecular flexibility index (Phi) is 7.38. The van der Waals surface area contributed by atoms with Crippen LogP contribution in [-0.4, -0.2) is 78.2 Å². The van der Waals surface area contributed by atoms with E-state index in [-0.39, 0.29) is 11.9 Å². The number of ether oxygens (including phenoxy) is 1. The number of carbonyl (C=O) groups excluding carboxylic acids is 1. The molecule has 1 aliphatic rings. The van der Waals surface area contributed by atoms with Gasteiger partial charge in [-0.1, -0.05) is 0 Å². The Hall–Kier alpha value is -1.57. The van der Waals surface area contributed by atoms with Crippen molar-refractivity contribution in [3.8, 4) is 0 Å². The van der Waals surface area contributed by atoms with Gasteiger partial charge in [0, 0.05) is 71.6 Å². The van der Waals surface area contributed by atoms with Gasteiger partial charge in [-0.25, -0.2) is 0 Å². The maximum Gasteiger partial charge on any atom is 0.237 e. The number of nitrogens with zero attached hydrogens (tertiary/aromatic N) is 4. The molecule has 128 valence electrons. The number of nitrogens with one attached hydrogen (secondary N) is 1. The van der Waals surface area contributed by atoms with E-state index in [1.54, 1.807) is 19.5 Å². The Morgan fingerprint density at radius 2 is 2.13 bits per heavy atom. The van der Waals surface area contributed by atoms with E-state index in [0.717, 1.165) is 44.8 Å². The Labute approximate surface area is 138 Å². The lowest BCUT2D eigenvalue weighted by atomic mass is 10.2. The van der Waals surface area contributed by atoms with Crippen molar-refractivity contribution in [1.29, 1.82) is 0 Å². The summed E-state index contributed by atoms with van der Waals surface area (Å²) in [6, 6.07) is -0.0868. The molecule has 7 heteroatoms. The summed E-state index contributed by atoms with van der Waals surface area (Å²) in [5.41, 5.74) is 0.991. The highest BCUT2D eigenvalue weighted by atomic mass is 16.5. The summed E-state index contributed by atoms with van der Waals surface area (Å²) in [5, 5.41) is 2.97. The second-order valence-electron chi connectivity index (χ2n) is 5.82. The number of carbonyl (C=O) groups is 1. The number of hydrogen-bond donors (Lipinski definition) is 1. The van der Waals surface area contributed by atoms with Crippen LogP contribution in [0.1, 0.15) is 19.0 Å². The number of methoxy groups -OCH3 is 1. The highest BCUT2D eigenvalue weighted by Crippen LogP contribution is 2.09. The normalized spacial score (nSPS) is 17.8. The molecule has 1 amide bonds. The highest BCUT2D eigenvalue weighted by Gasteiger charge is 2.25. The van der Waals surface area contributed by atoms with Gasteiger partial charge in [-0.2, -0.15) is 0 Å². The van der Waals surface area contributed by atoms with Crippen LogP contribution >= 0.6 is 0 Å². The molecule has 1 aromatic heterocycles. The molecule has 0 saturated carbocycles. The lowest BCUT2D eigenvalue weighted by molar-refractivity contribution is -0.126. The number of hydrogen-bond acceptors (Lipinski definition) is 6. The van der Waals surface area contributed by atoms with Crippen LogP contribution in [0.4, 0.5) is 0 Å². The molecule has 0 aliphatic carbocycles. The van der Waals surface area contributed by atoms with Gasteiger partial charge in [-0.3, -0.25) is 24.6 Å². The van der Waals surface area contributed by atoms with E-state index in [1.165, 1.54) is 0 Å². The second-order valence-corrected chi connectivity index (χ2v) is 5.82. The minimum atomic E-state index is -0.0868. The van der Waals surface area contributed by atoms with Gasteiger partial charge in [-0.05, 0) is 13.3 Å². The van der Waals surface area contributed by atoms with E-state index in [1.807, 2.05) is 13.1 Å². The summed E-state index contributed by atoms with van der Waals surface area (Å²) in [6.45, 7) is 7.82. The van der Waals surface area contributed by atoms with E-state index >= 15 is 0 Å². The summed E-state index contributed by atoms with van der Waals surface area (Å²) in [6.07, 6.45) is 6.07. The number of aromatic nitrogens is 2. The predicted molar refractivity (Wildman–Crippen MR) is 87.8 cm³/mol. The zero-order valence-corrected chi connectivity index (χ0v) is 14.1. The van der Waals surface area contributed by atoms with Crippen molar-refractivity contribution in [2.75, 3.05) is 46.4 Å². The molecular formula is C16H27N5O2. The monoisotopic (exact) mass is 321 g/mol. The first-order chi connectivity index (χ1) is 11.2. The lowest BCUT2D eigenvalue weighted by Crippen LogP contribution is -2.53. The van der Waals surface area contributed by atoms with Crippen LogP contribution in [0.2, 0.25) is 0 Å². The van der Waals surface area contributed by atoms with Crippen molar-refractivity contribution in [2.45, 2.75) is 25.9 Å². The summed E-state index contributed by atoms with van der Waals surface area (Å²) in [7, 11) is 1.67. The molecule has 0 radical (unpaired) electrons. The third-order valence-electron chi connectivity index (χ3n) is 4.16. The molecule has 1 atom stereocenters. The molecule has 1 unspecified atom stereocenters. The molecule has 7 nitrogen and oxygen atoms in total. The minimum Gasteiger partial charge on any atom is -0.385 e. The number of rotatable bonds is 8. The fourth-order valence-corrected chi connectivity index (χ4v) is 2.69. The van der Waals surface area contributed by atoms with Crippen molar-refractivity contribution in [3.05, 3.63) is 24.3 Å². The fraction of sp³-hybridized carbons (Fsp3) is 0.688. The zero-order chi connectivity index (χ0) is 16.5. The van der Waals surface area contributed by atoms with E-state index in [2.05, 4.69) is 25.1 Å². The lowest BCUT2D eigenvalue weighted by Gasteiger charge is -2.37. The van der Waals surface area contributed by atoms with Crippen LogP contribution < -0.4 is 5.32 Å². The zero-order valence-electron chi connectivity index (χ0n) is 14.1. The average molecular weight is 321 g/mol. The van der Waals surface area contributed by atoms with Gasteiger partial charge in [-0.15, -0.1) is 0 Å². The molecule has 1 aromatic rings. The summed E-state index contributed by atoms with van der Waals surface area (Å²) >= 11 is 0. The Morgan fingerprint density at radius 1 is 1.35 bits per heavy atom. The van der Waals surface area contributed by atoms with Crippen LogP contribution in [0.25, 0.3) is 0 Å².